The molecule has 0 spiro atoms. The van der Waals surface area contributed by atoms with Crippen LogP contribution in [0.2, 0.25) is 0 Å². The van der Waals surface area contributed by atoms with Crippen molar-refractivity contribution in [2.24, 2.45) is 12.8 Å². The number of nitrogens with two attached hydrogens (primary N) is 1. The van der Waals surface area contributed by atoms with Crippen LogP contribution in [-0.2, 0) is 24.9 Å². The fourth-order valence-corrected chi connectivity index (χ4v) is 3.16. The molecule has 1 aliphatic heterocycles. The Hall–Kier alpha value is -1.63. The van der Waals surface area contributed by atoms with Crippen molar-refractivity contribution in [1.82, 2.24) is 4.57 Å². The number of fused-ring (bicyclic) bond motifs is 1. The van der Waals surface area contributed by atoms with Gasteiger partial charge in [-0.2, -0.15) is 0 Å². The van der Waals surface area contributed by atoms with Crippen molar-refractivity contribution in [3.63, 3.8) is 0 Å². The highest BCUT2D eigenvalue weighted by Gasteiger charge is 2.26. The molecule has 0 radical (unpaired) electrons. The third-order valence-electron chi connectivity index (χ3n) is 4.25. The van der Waals surface area contributed by atoms with Gasteiger partial charge in [-0.3, -0.25) is 0 Å². The second-order valence-corrected chi connectivity index (χ2v) is 5.65. The molecular formula is C16H24N3O3+. The van der Waals surface area contributed by atoms with Crippen molar-refractivity contribution >= 4 is 11.0 Å². The van der Waals surface area contributed by atoms with E-state index in [9.17, 15) is 0 Å². The molecule has 1 unspecified atom stereocenters. The first-order chi connectivity index (χ1) is 10.7. The van der Waals surface area contributed by atoms with Crippen LogP contribution in [0.3, 0.4) is 0 Å². The van der Waals surface area contributed by atoms with Gasteiger partial charge in [0.1, 0.15) is 18.9 Å². The summed E-state index contributed by atoms with van der Waals surface area (Å²) in [5.74, 6) is 1.83. The number of imidazole rings is 1. The Morgan fingerprint density at radius 2 is 2.36 bits per heavy atom. The molecule has 120 valence electrons. The van der Waals surface area contributed by atoms with Crippen LogP contribution in [0.4, 0.5) is 0 Å². The molecule has 3 N–H and O–H groups in total. The van der Waals surface area contributed by atoms with Crippen molar-refractivity contribution in [2.75, 3.05) is 19.8 Å². The fourth-order valence-electron chi connectivity index (χ4n) is 3.16. The number of aliphatic hydroxyl groups excluding tert-OH is 1. The summed E-state index contributed by atoms with van der Waals surface area (Å²) in [5, 5.41) is 8.90. The molecule has 0 amide bonds. The van der Waals surface area contributed by atoms with Gasteiger partial charge >= 0.3 is 0 Å². The molecule has 1 saturated heterocycles. The van der Waals surface area contributed by atoms with Gasteiger partial charge < -0.3 is 20.3 Å². The second kappa shape index (κ2) is 6.64. The Kier molecular flexibility index (Phi) is 4.61. The van der Waals surface area contributed by atoms with E-state index in [0.29, 0.717) is 13.2 Å². The molecule has 3 rings (SSSR count). The Bertz CT molecular complexity index is 648. The summed E-state index contributed by atoms with van der Waals surface area (Å²) >= 11 is 0. The van der Waals surface area contributed by atoms with E-state index in [1.165, 1.54) is 0 Å². The SMILES string of the molecule is C[n+]1c(CN)n(CC2CCCO2)c2cc(OCCO)ccc21. The molecule has 1 fully saturated rings. The number of benzene rings is 1. The minimum absolute atomic E-state index is 0.0107. The third kappa shape index (κ3) is 2.82. The second-order valence-electron chi connectivity index (χ2n) is 5.65. The Labute approximate surface area is 130 Å². The average Bonchev–Trinajstić information content (AvgIpc) is 3.13. The topological polar surface area (TPSA) is 73.5 Å². The van der Waals surface area contributed by atoms with E-state index in [2.05, 4.69) is 9.13 Å². The zero-order chi connectivity index (χ0) is 15.5. The summed E-state index contributed by atoms with van der Waals surface area (Å²) in [4.78, 5) is 0. The van der Waals surface area contributed by atoms with E-state index in [1.807, 2.05) is 25.2 Å². The lowest BCUT2D eigenvalue weighted by molar-refractivity contribution is -0.654. The van der Waals surface area contributed by atoms with Crippen molar-refractivity contribution < 1.29 is 19.1 Å². The van der Waals surface area contributed by atoms with Gasteiger partial charge in [0.2, 0.25) is 0 Å². The predicted octanol–water partition coefficient (Wildman–Crippen LogP) is 0.475. The number of hydrogen-bond donors (Lipinski definition) is 2. The smallest absolute Gasteiger partial charge is 0.271 e. The molecule has 22 heavy (non-hydrogen) atoms. The van der Waals surface area contributed by atoms with Gasteiger partial charge in [0, 0.05) is 12.7 Å². The molecule has 1 aliphatic rings. The van der Waals surface area contributed by atoms with Crippen molar-refractivity contribution in [3.05, 3.63) is 24.0 Å². The number of aryl methyl sites for hydroxylation is 1. The van der Waals surface area contributed by atoms with E-state index in [0.717, 1.165) is 48.6 Å². The summed E-state index contributed by atoms with van der Waals surface area (Å²) in [7, 11) is 2.03. The molecular weight excluding hydrogens is 282 g/mol. The first kappa shape index (κ1) is 15.3. The van der Waals surface area contributed by atoms with Gasteiger partial charge in [0.05, 0.1) is 26.3 Å². The third-order valence-corrected chi connectivity index (χ3v) is 4.25. The highest BCUT2D eigenvalue weighted by atomic mass is 16.5. The van der Waals surface area contributed by atoms with E-state index in [-0.39, 0.29) is 12.7 Å². The van der Waals surface area contributed by atoms with E-state index in [1.54, 1.807) is 0 Å². The van der Waals surface area contributed by atoms with Crippen LogP contribution in [0.15, 0.2) is 18.2 Å². The summed E-state index contributed by atoms with van der Waals surface area (Å²) in [6.45, 7) is 2.45. The molecule has 1 atom stereocenters. The van der Waals surface area contributed by atoms with E-state index >= 15 is 0 Å². The molecule has 0 saturated carbocycles. The summed E-state index contributed by atoms with van der Waals surface area (Å²) in [6.07, 6.45) is 2.47. The Morgan fingerprint density at radius 3 is 3.05 bits per heavy atom. The Morgan fingerprint density at radius 1 is 1.50 bits per heavy atom. The van der Waals surface area contributed by atoms with Gasteiger partial charge in [0.15, 0.2) is 11.0 Å². The van der Waals surface area contributed by atoms with E-state index in [4.69, 9.17) is 20.3 Å². The minimum atomic E-state index is 0.0107. The summed E-state index contributed by atoms with van der Waals surface area (Å²) in [6, 6.07) is 5.97. The van der Waals surface area contributed by atoms with Crippen LogP contribution in [0.25, 0.3) is 11.0 Å². The molecule has 2 aromatic rings. The molecule has 0 bridgehead atoms. The monoisotopic (exact) mass is 306 g/mol. The van der Waals surface area contributed by atoms with E-state index < -0.39 is 0 Å². The van der Waals surface area contributed by atoms with Gasteiger partial charge in [0.25, 0.3) is 5.82 Å². The summed E-state index contributed by atoms with van der Waals surface area (Å²) in [5.41, 5.74) is 8.17. The first-order valence-corrected chi connectivity index (χ1v) is 7.81. The average molecular weight is 306 g/mol. The summed E-state index contributed by atoms with van der Waals surface area (Å²) < 4.78 is 15.7. The van der Waals surface area contributed by atoms with Crippen molar-refractivity contribution in [3.8, 4) is 5.75 Å². The predicted molar refractivity (Wildman–Crippen MR) is 82.6 cm³/mol. The number of hydrogen-bond acceptors (Lipinski definition) is 4. The van der Waals surface area contributed by atoms with Gasteiger partial charge in [-0.1, -0.05) is 0 Å². The highest BCUT2D eigenvalue weighted by Crippen LogP contribution is 2.23. The highest BCUT2D eigenvalue weighted by molar-refractivity contribution is 5.74. The number of aromatic nitrogens is 2. The molecule has 6 nitrogen and oxygen atoms in total. The number of aliphatic hydroxyl groups is 1. The zero-order valence-electron chi connectivity index (χ0n) is 13.0. The normalized spacial score (nSPS) is 18.2. The van der Waals surface area contributed by atoms with Gasteiger partial charge in [-0.15, -0.1) is 0 Å². The van der Waals surface area contributed by atoms with Crippen LogP contribution in [0.5, 0.6) is 5.75 Å². The minimum Gasteiger partial charge on any atom is -0.491 e. The van der Waals surface area contributed by atoms with Crippen LogP contribution >= 0.6 is 0 Å². The van der Waals surface area contributed by atoms with Gasteiger partial charge in [-0.05, 0) is 25.0 Å². The Balaban J connectivity index is 2.01. The number of rotatable bonds is 6. The quantitative estimate of drug-likeness (QED) is 0.761. The molecule has 0 aliphatic carbocycles. The lowest BCUT2D eigenvalue weighted by atomic mass is 10.2. The molecule has 2 heterocycles. The van der Waals surface area contributed by atoms with Crippen molar-refractivity contribution in [2.45, 2.75) is 32.0 Å². The molecule has 6 heteroatoms. The van der Waals surface area contributed by atoms with Crippen LogP contribution in [0.1, 0.15) is 18.7 Å². The zero-order valence-corrected chi connectivity index (χ0v) is 13.0. The molecule has 1 aromatic carbocycles. The van der Waals surface area contributed by atoms with Crippen LogP contribution in [0, 0.1) is 0 Å². The lowest BCUT2D eigenvalue weighted by Crippen LogP contribution is -2.35. The molecule has 1 aromatic heterocycles. The largest absolute Gasteiger partial charge is 0.491 e. The maximum absolute atomic E-state index is 8.90. The first-order valence-electron chi connectivity index (χ1n) is 7.81. The standard InChI is InChI=1S/C16H24N3O3/c1-18-14-5-4-12(22-8-6-20)9-15(14)19(16(18)10-17)11-13-3-2-7-21-13/h4-5,9,13,20H,2-3,6-8,10-11,17H2,1H3/q+1. The van der Waals surface area contributed by atoms with Crippen molar-refractivity contribution in [1.29, 1.82) is 0 Å². The maximum Gasteiger partial charge on any atom is 0.271 e. The number of nitrogens with zero attached hydrogens (tertiary/aromatic N) is 2. The number of ether oxygens (including phenoxy) is 2. The van der Waals surface area contributed by atoms with Crippen LogP contribution in [-0.4, -0.2) is 35.6 Å². The van der Waals surface area contributed by atoms with Gasteiger partial charge in [-0.25, -0.2) is 9.13 Å². The fraction of sp³-hybridized carbons (Fsp3) is 0.562. The lowest BCUT2D eigenvalue weighted by Gasteiger charge is -2.09. The maximum atomic E-state index is 8.90. The van der Waals surface area contributed by atoms with Crippen LogP contribution < -0.4 is 15.0 Å².